The summed E-state index contributed by atoms with van der Waals surface area (Å²) in [6.07, 6.45) is 0.576. The Kier molecular flexibility index (Phi) is 2.99. The van der Waals surface area contributed by atoms with Crippen LogP contribution in [0.3, 0.4) is 0 Å². The molecular formula is C16H12NO3-. The molecular weight excluding hydrogens is 254 g/mol. The van der Waals surface area contributed by atoms with Gasteiger partial charge in [0.15, 0.2) is 0 Å². The van der Waals surface area contributed by atoms with Crippen molar-refractivity contribution in [1.29, 1.82) is 0 Å². The largest absolute Gasteiger partial charge is 0.545 e. The molecule has 0 saturated carbocycles. The molecule has 0 aromatic heterocycles. The molecule has 3 rings (SSSR count). The molecule has 0 saturated heterocycles. The molecule has 1 amide bonds. The molecule has 20 heavy (non-hydrogen) atoms. The van der Waals surface area contributed by atoms with Crippen LogP contribution in [0, 0.1) is 0 Å². The number of rotatable bonds is 2. The highest BCUT2D eigenvalue weighted by atomic mass is 16.4. The molecule has 1 heterocycles. The third-order valence-corrected chi connectivity index (χ3v) is 3.52. The van der Waals surface area contributed by atoms with Gasteiger partial charge < -0.3 is 15.2 Å². The summed E-state index contributed by atoms with van der Waals surface area (Å²) in [5.41, 5.74) is 2.38. The Morgan fingerprint density at radius 2 is 1.90 bits per heavy atom. The van der Waals surface area contributed by atoms with Crippen LogP contribution in [0.4, 0.5) is 0 Å². The second kappa shape index (κ2) is 4.81. The fourth-order valence-electron chi connectivity index (χ4n) is 2.50. The van der Waals surface area contributed by atoms with Crippen molar-refractivity contribution >= 4 is 11.9 Å². The lowest BCUT2D eigenvalue weighted by Crippen LogP contribution is -2.35. The van der Waals surface area contributed by atoms with E-state index >= 15 is 0 Å². The number of amides is 1. The Morgan fingerprint density at radius 1 is 1.15 bits per heavy atom. The molecule has 2 aromatic carbocycles. The van der Waals surface area contributed by atoms with Gasteiger partial charge in [-0.05, 0) is 35.2 Å². The predicted molar refractivity (Wildman–Crippen MR) is 71.1 cm³/mol. The lowest BCUT2D eigenvalue weighted by Gasteiger charge is -2.26. The van der Waals surface area contributed by atoms with Crippen LogP contribution >= 0.6 is 0 Å². The van der Waals surface area contributed by atoms with Crippen molar-refractivity contribution < 1.29 is 14.7 Å². The zero-order valence-corrected chi connectivity index (χ0v) is 10.6. The van der Waals surface area contributed by atoms with Crippen LogP contribution in [0.5, 0.6) is 0 Å². The van der Waals surface area contributed by atoms with Crippen molar-refractivity contribution in [3.05, 3.63) is 70.8 Å². The van der Waals surface area contributed by atoms with Gasteiger partial charge in [0, 0.05) is 5.56 Å². The average Bonchev–Trinajstić information content (AvgIpc) is 2.47. The number of carboxylic acid groups (broad SMARTS) is 1. The SMILES string of the molecule is O=C([O-])c1ccc2c(c1)C[C@@H](c1ccccc1)NC2=O. The molecule has 1 N–H and O–H groups in total. The van der Waals surface area contributed by atoms with Crippen molar-refractivity contribution in [2.75, 3.05) is 0 Å². The number of aromatic carboxylic acids is 1. The first-order chi connectivity index (χ1) is 9.65. The molecule has 1 aliphatic rings. The monoisotopic (exact) mass is 266 g/mol. The molecule has 1 atom stereocenters. The quantitative estimate of drug-likeness (QED) is 0.884. The summed E-state index contributed by atoms with van der Waals surface area (Å²) in [5.74, 6) is -1.40. The number of benzene rings is 2. The minimum Gasteiger partial charge on any atom is -0.545 e. The number of hydrogen-bond donors (Lipinski definition) is 1. The van der Waals surface area contributed by atoms with E-state index in [0.717, 1.165) is 11.1 Å². The smallest absolute Gasteiger partial charge is 0.252 e. The minimum atomic E-state index is -1.23. The summed E-state index contributed by atoms with van der Waals surface area (Å²) in [6.45, 7) is 0. The van der Waals surface area contributed by atoms with Crippen LogP contribution in [-0.2, 0) is 6.42 Å². The summed E-state index contributed by atoms with van der Waals surface area (Å²) in [6, 6.07) is 14.0. The zero-order chi connectivity index (χ0) is 14.1. The van der Waals surface area contributed by atoms with E-state index in [1.165, 1.54) is 18.2 Å². The second-order valence-electron chi connectivity index (χ2n) is 4.80. The van der Waals surface area contributed by atoms with Gasteiger partial charge in [-0.2, -0.15) is 0 Å². The molecule has 0 radical (unpaired) electrons. The summed E-state index contributed by atoms with van der Waals surface area (Å²) < 4.78 is 0. The summed E-state index contributed by atoms with van der Waals surface area (Å²) in [5, 5.41) is 13.8. The van der Waals surface area contributed by atoms with E-state index in [1.807, 2.05) is 30.3 Å². The normalized spacial score (nSPS) is 17.2. The lowest BCUT2D eigenvalue weighted by atomic mass is 9.90. The van der Waals surface area contributed by atoms with Crippen LogP contribution in [-0.4, -0.2) is 11.9 Å². The summed E-state index contributed by atoms with van der Waals surface area (Å²) in [7, 11) is 0. The first-order valence-corrected chi connectivity index (χ1v) is 6.35. The summed E-state index contributed by atoms with van der Waals surface area (Å²) in [4.78, 5) is 23.0. The first-order valence-electron chi connectivity index (χ1n) is 6.35. The van der Waals surface area contributed by atoms with Gasteiger partial charge in [-0.1, -0.05) is 36.4 Å². The van der Waals surface area contributed by atoms with Crippen LogP contribution in [0.15, 0.2) is 48.5 Å². The minimum absolute atomic E-state index is 0.102. The molecule has 0 aliphatic carbocycles. The van der Waals surface area contributed by atoms with Gasteiger partial charge >= 0.3 is 0 Å². The first kappa shape index (κ1) is 12.4. The van der Waals surface area contributed by atoms with Crippen molar-refractivity contribution in [2.24, 2.45) is 0 Å². The van der Waals surface area contributed by atoms with E-state index in [9.17, 15) is 14.7 Å². The van der Waals surface area contributed by atoms with Gasteiger partial charge in [-0.15, -0.1) is 0 Å². The molecule has 0 fully saturated rings. The highest BCUT2D eigenvalue weighted by Crippen LogP contribution is 2.26. The standard InChI is InChI=1S/C16H13NO3/c18-15-13-7-6-11(16(19)20)8-12(13)9-14(17-15)10-4-2-1-3-5-10/h1-8,14H,9H2,(H,17,18)(H,19,20)/p-1/t14-/m0/s1. The maximum absolute atomic E-state index is 12.1. The zero-order valence-electron chi connectivity index (χ0n) is 10.6. The van der Waals surface area contributed by atoms with Gasteiger partial charge in [0.2, 0.25) is 0 Å². The lowest BCUT2D eigenvalue weighted by molar-refractivity contribution is -0.255. The maximum Gasteiger partial charge on any atom is 0.252 e. The molecule has 4 heteroatoms. The Balaban J connectivity index is 1.99. The van der Waals surface area contributed by atoms with Gasteiger partial charge in [-0.25, -0.2) is 0 Å². The van der Waals surface area contributed by atoms with E-state index in [-0.39, 0.29) is 17.5 Å². The fourth-order valence-corrected chi connectivity index (χ4v) is 2.50. The van der Waals surface area contributed by atoms with Gasteiger partial charge in [0.25, 0.3) is 5.91 Å². The number of carbonyl (C=O) groups is 2. The fraction of sp³-hybridized carbons (Fsp3) is 0.125. The van der Waals surface area contributed by atoms with Crippen molar-refractivity contribution in [1.82, 2.24) is 5.32 Å². The third kappa shape index (κ3) is 2.16. The average molecular weight is 266 g/mol. The number of fused-ring (bicyclic) bond motifs is 1. The second-order valence-corrected chi connectivity index (χ2v) is 4.80. The van der Waals surface area contributed by atoms with E-state index in [0.29, 0.717) is 12.0 Å². The van der Waals surface area contributed by atoms with E-state index in [1.54, 1.807) is 0 Å². The number of hydrogen-bond acceptors (Lipinski definition) is 3. The van der Waals surface area contributed by atoms with Crippen molar-refractivity contribution in [3.63, 3.8) is 0 Å². The maximum atomic E-state index is 12.1. The number of nitrogens with one attached hydrogen (secondary N) is 1. The topological polar surface area (TPSA) is 69.2 Å². The van der Waals surface area contributed by atoms with Gasteiger partial charge in [-0.3, -0.25) is 4.79 Å². The van der Waals surface area contributed by atoms with Crippen LogP contribution in [0.2, 0.25) is 0 Å². The van der Waals surface area contributed by atoms with Crippen LogP contribution in [0.1, 0.15) is 37.9 Å². The third-order valence-electron chi connectivity index (χ3n) is 3.52. The van der Waals surface area contributed by atoms with E-state index in [2.05, 4.69) is 5.32 Å². The van der Waals surface area contributed by atoms with Gasteiger partial charge in [0.05, 0.1) is 12.0 Å². The predicted octanol–water partition coefficient (Wildman–Crippen LogP) is 1.08. The van der Waals surface area contributed by atoms with Crippen molar-refractivity contribution in [2.45, 2.75) is 12.5 Å². The Morgan fingerprint density at radius 3 is 2.60 bits per heavy atom. The highest BCUT2D eigenvalue weighted by molar-refractivity contribution is 5.98. The molecule has 100 valence electrons. The van der Waals surface area contributed by atoms with Gasteiger partial charge in [0.1, 0.15) is 0 Å². The van der Waals surface area contributed by atoms with E-state index in [4.69, 9.17) is 0 Å². The van der Waals surface area contributed by atoms with Crippen LogP contribution < -0.4 is 10.4 Å². The summed E-state index contributed by atoms with van der Waals surface area (Å²) >= 11 is 0. The molecule has 2 aromatic rings. The Labute approximate surface area is 116 Å². The highest BCUT2D eigenvalue weighted by Gasteiger charge is 2.25. The molecule has 0 bridgehead atoms. The molecule has 4 nitrogen and oxygen atoms in total. The van der Waals surface area contributed by atoms with Crippen LogP contribution in [0.25, 0.3) is 0 Å². The Hall–Kier alpha value is -2.62. The molecule has 0 spiro atoms. The van der Waals surface area contributed by atoms with Crippen molar-refractivity contribution in [3.8, 4) is 0 Å². The molecule has 1 aliphatic heterocycles. The Bertz CT molecular complexity index is 679. The number of carboxylic acids is 1. The van der Waals surface area contributed by atoms with E-state index < -0.39 is 5.97 Å². The number of carbonyl (C=O) groups excluding carboxylic acids is 2. The molecule has 0 unspecified atom stereocenters.